The summed E-state index contributed by atoms with van der Waals surface area (Å²) in [6.07, 6.45) is 3.04. The predicted molar refractivity (Wildman–Crippen MR) is 90.8 cm³/mol. The lowest BCUT2D eigenvalue weighted by molar-refractivity contribution is 0.239. The van der Waals surface area contributed by atoms with E-state index in [1.165, 1.54) is 11.1 Å². The van der Waals surface area contributed by atoms with Crippen LogP contribution in [0.5, 0.6) is 0 Å². The molecule has 0 bridgehead atoms. The Morgan fingerprint density at radius 2 is 2.22 bits per heavy atom. The number of nitrogens with zero attached hydrogens (tertiary/aromatic N) is 2. The third kappa shape index (κ3) is 2.93. The summed E-state index contributed by atoms with van der Waals surface area (Å²) in [5, 5.41) is 0.813. The largest absolute Gasteiger partial charge is 0.310 e. The molecule has 1 aliphatic heterocycles. The maximum absolute atomic E-state index is 12.3. The van der Waals surface area contributed by atoms with E-state index in [4.69, 9.17) is 16.6 Å². The molecule has 1 N–H and O–H groups in total. The average Bonchev–Trinajstić information content (AvgIpc) is 3.35. The molecule has 120 valence electrons. The van der Waals surface area contributed by atoms with E-state index < -0.39 is 0 Å². The zero-order valence-electron chi connectivity index (χ0n) is 13.2. The minimum absolute atomic E-state index is 0.0606. The van der Waals surface area contributed by atoms with Crippen LogP contribution in [-0.2, 0) is 19.5 Å². The summed E-state index contributed by atoms with van der Waals surface area (Å²) in [5.41, 5.74) is 4.25. The number of fused-ring (bicyclic) bond motifs is 1. The van der Waals surface area contributed by atoms with E-state index in [9.17, 15) is 4.79 Å². The molecule has 4 rings (SSSR count). The molecule has 1 saturated carbocycles. The fourth-order valence-corrected chi connectivity index (χ4v) is 3.57. The van der Waals surface area contributed by atoms with Gasteiger partial charge in [0, 0.05) is 36.1 Å². The number of H-pyrrole nitrogens is 1. The highest BCUT2D eigenvalue weighted by Gasteiger charge is 2.29. The highest BCUT2D eigenvalue weighted by molar-refractivity contribution is 6.31. The molecule has 0 saturated heterocycles. The van der Waals surface area contributed by atoms with Crippen molar-refractivity contribution in [2.75, 3.05) is 6.54 Å². The second kappa shape index (κ2) is 5.77. The van der Waals surface area contributed by atoms with Crippen LogP contribution in [0.1, 0.15) is 47.0 Å². The average molecular weight is 330 g/mol. The minimum Gasteiger partial charge on any atom is -0.310 e. The van der Waals surface area contributed by atoms with E-state index in [1.54, 1.807) is 0 Å². The summed E-state index contributed by atoms with van der Waals surface area (Å²) in [4.78, 5) is 22.3. The van der Waals surface area contributed by atoms with Crippen LogP contribution in [0.15, 0.2) is 23.0 Å². The lowest BCUT2D eigenvalue weighted by Gasteiger charge is -2.28. The molecule has 1 aromatic carbocycles. The molecule has 1 aliphatic carbocycles. The monoisotopic (exact) mass is 329 g/mol. The smallest absolute Gasteiger partial charge is 0.254 e. The summed E-state index contributed by atoms with van der Waals surface area (Å²) in [6.45, 7) is 4.49. The third-order valence-corrected chi connectivity index (χ3v) is 5.22. The van der Waals surface area contributed by atoms with Gasteiger partial charge in [-0.15, -0.1) is 0 Å². The van der Waals surface area contributed by atoms with Crippen LogP contribution in [0.25, 0.3) is 0 Å². The van der Waals surface area contributed by atoms with Crippen LogP contribution >= 0.6 is 11.6 Å². The molecule has 0 radical (unpaired) electrons. The van der Waals surface area contributed by atoms with Gasteiger partial charge in [-0.05, 0) is 43.4 Å². The first-order chi connectivity index (χ1) is 11.1. The number of benzene rings is 1. The van der Waals surface area contributed by atoms with Gasteiger partial charge in [0.15, 0.2) is 0 Å². The molecule has 0 atom stereocenters. The zero-order chi connectivity index (χ0) is 16.0. The Hall–Kier alpha value is -1.65. The van der Waals surface area contributed by atoms with E-state index in [0.717, 1.165) is 61.0 Å². The highest BCUT2D eigenvalue weighted by atomic mass is 35.5. The van der Waals surface area contributed by atoms with Gasteiger partial charge in [0.25, 0.3) is 5.56 Å². The molecule has 0 unspecified atom stereocenters. The first kappa shape index (κ1) is 14.9. The van der Waals surface area contributed by atoms with Crippen LogP contribution in [0.4, 0.5) is 0 Å². The quantitative estimate of drug-likeness (QED) is 0.941. The summed E-state index contributed by atoms with van der Waals surface area (Å²) in [6, 6.07) is 6.01. The van der Waals surface area contributed by atoms with Gasteiger partial charge in [0.1, 0.15) is 5.82 Å². The molecule has 5 heteroatoms. The van der Waals surface area contributed by atoms with Gasteiger partial charge in [0.2, 0.25) is 0 Å². The van der Waals surface area contributed by atoms with E-state index in [-0.39, 0.29) is 5.56 Å². The summed E-state index contributed by atoms with van der Waals surface area (Å²) in [7, 11) is 0. The number of aromatic nitrogens is 2. The van der Waals surface area contributed by atoms with Crippen molar-refractivity contribution in [1.82, 2.24) is 14.9 Å². The Labute approximate surface area is 140 Å². The number of hydrogen-bond donors (Lipinski definition) is 1. The van der Waals surface area contributed by atoms with E-state index in [0.29, 0.717) is 5.92 Å². The Balaban J connectivity index is 1.60. The molecule has 0 spiro atoms. The van der Waals surface area contributed by atoms with Gasteiger partial charge in [-0.3, -0.25) is 9.69 Å². The first-order valence-corrected chi connectivity index (χ1v) is 8.58. The Bertz CT molecular complexity index is 790. The number of halogens is 1. The molecule has 1 aromatic heterocycles. The van der Waals surface area contributed by atoms with Crippen LogP contribution in [0.2, 0.25) is 5.02 Å². The maximum Gasteiger partial charge on any atom is 0.254 e. The lowest BCUT2D eigenvalue weighted by Crippen LogP contribution is -2.35. The predicted octanol–water partition coefficient (Wildman–Crippen LogP) is 3.17. The Morgan fingerprint density at radius 3 is 2.96 bits per heavy atom. The van der Waals surface area contributed by atoms with Crippen LogP contribution in [-0.4, -0.2) is 21.4 Å². The van der Waals surface area contributed by atoms with Crippen molar-refractivity contribution in [1.29, 1.82) is 0 Å². The molecule has 1 fully saturated rings. The van der Waals surface area contributed by atoms with E-state index >= 15 is 0 Å². The molecule has 2 aromatic rings. The van der Waals surface area contributed by atoms with Gasteiger partial charge >= 0.3 is 0 Å². The summed E-state index contributed by atoms with van der Waals surface area (Å²) in [5.74, 6) is 1.35. The molecular weight excluding hydrogens is 310 g/mol. The van der Waals surface area contributed by atoms with Crippen molar-refractivity contribution in [3.8, 4) is 0 Å². The van der Waals surface area contributed by atoms with E-state index in [2.05, 4.69) is 22.9 Å². The van der Waals surface area contributed by atoms with Crippen molar-refractivity contribution in [3.05, 3.63) is 61.8 Å². The number of rotatable bonds is 3. The van der Waals surface area contributed by atoms with Gasteiger partial charge in [0.05, 0.1) is 5.69 Å². The van der Waals surface area contributed by atoms with Gasteiger partial charge < -0.3 is 4.98 Å². The second-order valence-electron chi connectivity index (χ2n) is 6.65. The fraction of sp³-hybridized carbons (Fsp3) is 0.444. The maximum atomic E-state index is 12.3. The lowest BCUT2D eigenvalue weighted by atomic mass is 10.0. The molecule has 0 amide bonds. The molecule has 2 aliphatic rings. The van der Waals surface area contributed by atoms with Gasteiger partial charge in [-0.1, -0.05) is 23.7 Å². The van der Waals surface area contributed by atoms with Gasteiger partial charge in [-0.2, -0.15) is 0 Å². The van der Waals surface area contributed by atoms with Crippen LogP contribution < -0.4 is 5.56 Å². The number of hydrogen-bond acceptors (Lipinski definition) is 3. The Kier molecular flexibility index (Phi) is 3.74. The number of nitrogens with one attached hydrogen (secondary N) is 1. The highest BCUT2D eigenvalue weighted by Crippen LogP contribution is 2.38. The fourth-order valence-electron chi connectivity index (χ4n) is 3.29. The first-order valence-electron chi connectivity index (χ1n) is 8.20. The standard InChI is InChI=1S/C18H20ClN3O/c1-11-3-2-4-15(19)14(11)9-22-8-7-13-16(10-22)20-17(12-5-6-12)21-18(13)23/h2-4,12H,5-10H2,1H3,(H,20,21,23). The number of aryl methyl sites for hydroxylation is 1. The van der Waals surface area contributed by atoms with Crippen molar-refractivity contribution in [3.63, 3.8) is 0 Å². The van der Waals surface area contributed by atoms with Crippen molar-refractivity contribution in [2.45, 2.75) is 45.2 Å². The topological polar surface area (TPSA) is 49.0 Å². The molecule has 23 heavy (non-hydrogen) atoms. The zero-order valence-corrected chi connectivity index (χ0v) is 14.0. The minimum atomic E-state index is 0.0606. The Morgan fingerprint density at radius 1 is 1.39 bits per heavy atom. The molecule has 2 heterocycles. The SMILES string of the molecule is Cc1cccc(Cl)c1CN1CCc2c(nc(C3CC3)[nH]c2=O)C1. The van der Waals surface area contributed by atoms with Crippen molar-refractivity contribution >= 4 is 11.6 Å². The second-order valence-corrected chi connectivity index (χ2v) is 7.05. The normalized spacial score (nSPS) is 18.0. The third-order valence-electron chi connectivity index (χ3n) is 4.87. The van der Waals surface area contributed by atoms with Crippen LogP contribution in [0, 0.1) is 6.92 Å². The van der Waals surface area contributed by atoms with E-state index in [1.807, 2.05) is 12.1 Å². The molecular formula is C18H20ClN3O. The van der Waals surface area contributed by atoms with Gasteiger partial charge in [-0.25, -0.2) is 4.98 Å². The summed E-state index contributed by atoms with van der Waals surface area (Å²) >= 11 is 6.35. The number of aromatic amines is 1. The summed E-state index contributed by atoms with van der Waals surface area (Å²) < 4.78 is 0. The van der Waals surface area contributed by atoms with Crippen molar-refractivity contribution in [2.24, 2.45) is 0 Å². The van der Waals surface area contributed by atoms with Crippen LogP contribution in [0.3, 0.4) is 0 Å². The van der Waals surface area contributed by atoms with Crippen molar-refractivity contribution < 1.29 is 0 Å². The molecule has 4 nitrogen and oxygen atoms in total.